The molecule has 1 atom stereocenters. The maximum atomic E-state index is 5.87. The smallest absolute Gasteiger partial charge is 0.172 e. The summed E-state index contributed by atoms with van der Waals surface area (Å²) in [7, 11) is 0. The van der Waals surface area contributed by atoms with Crippen LogP contribution in [-0.2, 0) is 0 Å². The van der Waals surface area contributed by atoms with Crippen molar-refractivity contribution in [3.8, 4) is 0 Å². The van der Waals surface area contributed by atoms with Gasteiger partial charge in [0.25, 0.3) is 0 Å². The molecule has 2 N–H and O–H groups in total. The van der Waals surface area contributed by atoms with Gasteiger partial charge in [-0.3, -0.25) is 0 Å². The Labute approximate surface area is 136 Å². The Bertz CT molecular complexity index is 586. The summed E-state index contributed by atoms with van der Waals surface area (Å²) in [6.45, 7) is 2.03. The quantitative estimate of drug-likeness (QED) is 0.778. The van der Waals surface area contributed by atoms with E-state index in [9.17, 15) is 0 Å². The van der Waals surface area contributed by atoms with Crippen LogP contribution in [0.1, 0.15) is 18.5 Å². The predicted molar refractivity (Wildman–Crippen MR) is 91.2 cm³/mol. The van der Waals surface area contributed by atoms with E-state index in [0.717, 1.165) is 15.1 Å². The number of nitrogens with one attached hydrogen (secondary N) is 2. The Kier molecular flexibility index (Phi) is 5.34. The Balaban J connectivity index is 1.93. The van der Waals surface area contributed by atoms with Gasteiger partial charge in [-0.15, -0.1) is 0 Å². The number of thiocarbonyl (C=S) groups is 1. The number of hydrogen-bond donors (Lipinski definition) is 2. The summed E-state index contributed by atoms with van der Waals surface area (Å²) < 4.78 is 0.927. The van der Waals surface area contributed by atoms with Crippen LogP contribution in [0, 0.1) is 0 Å². The second-order valence-corrected chi connectivity index (χ2v) is 5.99. The highest BCUT2D eigenvalue weighted by molar-refractivity contribution is 9.10. The molecule has 0 radical (unpaired) electrons. The molecule has 20 heavy (non-hydrogen) atoms. The molecule has 0 aliphatic rings. The molecule has 0 fully saturated rings. The number of nitrogens with zero attached hydrogens (tertiary/aromatic N) is 1. The van der Waals surface area contributed by atoms with Gasteiger partial charge in [-0.2, -0.15) is 0 Å². The molecule has 0 aliphatic carbocycles. The summed E-state index contributed by atoms with van der Waals surface area (Å²) in [4.78, 5) is 4.21. The maximum Gasteiger partial charge on any atom is 0.172 e. The van der Waals surface area contributed by atoms with Crippen LogP contribution in [0.4, 0.5) is 5.82 Å². The first-order valence-corrected chi connectivity index (χ1v) is 7.57. The zero-order chi connectivity index (χ0) is 14.5. The first-order chi connectivity index (χ1) is 9.54. The van der Waals surface area contributed by atoms with E-state index in [-0.39, 0.29) is 6.04 Å². The van der Waals surface area contributed by atoms with E-state index in [1.54, 1.807) is 6.20 Å². The normalized spacial score (nSPS) is 11.8. The van der Waals surface area contributed by atoms with E-state index in [0.29, 0.717) is 10.9 Å². The van der Waals surface area contributed by atoms with Crippen molar-refractivity contribution in [1.82, 2.24) is 10.3 Å². The van der Waals surface area contributed by atoms with E-state index >= 15 is 0 Å². The van der Waals surface area contributed by atoms with Crippen molar-refractivity contribution in [1.29, 1.82) is 0 Å². The van der Waals surface area contributed by atoms with E-state index < -0.39 is 0 Å². The minimum absolute atomic E-state index is 0.0858. The lowest BCUT2D eigenvalue weighted by Gasteiger charge is -2.17. The predicted octanol–water partition coefficient (Wildman–Crippen LogP) is 4.55. The fraction of sp³-hybridized carbons (Fsp3) is 0.143. The molecule has 0 aliphatic heterocycles. The van der Waals surface area contributed by atoms with Crippen molar-refractivity contribution in [3.05, 3.63) is 57.7 Å². The Hall–Kier alpha value is -1.17. The molecule has 0 saturated carbocycles. The molecular weight excluding hydrogens is 358 g/mol. The maximum absolute atomic E-state index is 5.87. The largest absolute Gasteiger partial charge is 0.356 e. The molecule has 1 aromatic heterocycles. The Morgan fingerprint density at radius 2 is 1.95 bits per heavy atom. The molecule has 0 amide bonds. The monoisotopic (exact) mass is 369 g/mol. The van der Waals surface area contributed by atoms with Crippen molar-refractivity contribution < 1.29 is 0 Å². The molecule has 104 valence electrons. The number of anilines is 1. The van der Waals surface area contributed by atoms with Gasteiger partial charge in [-0.25, -0.2) is 4.98 Å². The highest BCUT2D eigenvalue weighted by Gasteiger charge is 2.07. The summed E-state index contributed by atoms with van der Waals surface area (Å²) in [6.07, 6.45) is 1.72. The first-order valence-electron chi connectivity index (χ1n) is 5.99. The molecule has 2 rings (SSSR count). The summed E-state index contributed by atoms with van der Waals surface area (Å²) in [5.41, 5.74) is 1.11. The van der Waals surface area contributed by atoms with E-state index in [2.05, 4.69) is 31.5 Å². The summed E-state index contributed by atoms with van der Waals surface area (Å²) >= 11 is 14.5. The van der Waals surface area contributed by atoms with Gasteiger partial charge in [0.2, 0.25) is 0 Å². The van der Waals surface area contributed by atoms with Crippen LogP contribution < -0.4 is 10.6 Å². The molecule has 0 spiro atoms. The van der Waals surface area contributed by atoms with Crippen molar-refractivity contribution >= 4 is 50.7 Å². The lowest BCUT2D eigenvalue weighted by atomic mass is 10.1. The molecule has 1 aromatic carbocycles. The van der Waals surface area contributed by atoms with E-state index in [1.807, 2.05) is 43.3 Å². The standard InChI is InChI=1S/C14H13BrClN3S/c1-9(10-2-5-12(16)6-3-10)18-14(20)19-13-7-4-11(15)8-17-13/h2-9H,1H3,(H2,17,18,19,20)/t9-/m1/s1. The average Bonchev–Trinajstić information content (AvgIpc) is 2.42. The van der Waals surface area contributed by atoms with Gasteiger partial charge >= 0.3 is 0 Å². The van der Waals surface area contributed by atoms with Crippen LogP contribution in [0.2, 0.25) is 5.02 Å². The third-order valence-corrected chi connectivity index (χ3v) is 3.63. The van der Waals surface area contributed by atoms with Crippen LogP contribution in [0.15, 0.2) is 47.1 Å². The van der Waals surface area contributed by atoms with Crippen LogP contribution in [-0.4, -0.2) is 10.1 Å². The minimum atomic E-state index is 0.0858. The molecule has 0 saturated heterocycles. The van der Waals surface area contributed by atoms with Crippen molar-refractivity contribution in [2.45, 2.75) is 13.0 Å². The first kappa shape index (κ1) is 15.2. The van der Waals surface area contributed by atoms with Crippen LogP contribution in [0.5, 0.6) is 0 Å². The zero-order valence-corrected chi connectivity index (χ0v) is 13.9. The highest BCUT2D eigenvalue weighted by Crippen LogP contribution is 2.16. The third-order valence-electron chi connectivity index (χ3n) is 2.69. The topological polar surface area (TPSA) is 37.0 Å². The Morgan fingerprint density at radius 3 is 2.55 bits per heavy atom. The van der Waals surface area contributed by atoms with Gasteiger partial charge in [0.15, 0.2) is 5.11 Å². The molecule has 3 nitrogen and oxygen atoms in total. The fourth-order valence-electron chi connectivity index (χ4n) is 1.63. The van der Waals surface area contributed by atoms with Crippen molar-refractivity contribution in [2.24, 2.45) is 0 Å². The van der Waals surface area contributed by atoms with Crippen LogP contribution in [0.25, 0.3) is 0 Å². The number of aromatic nitrogens is 1. The Morgan fingerprint density at radius 1 is 1.25 bits per heavy atom. The van der Waals surface area contributed by atoms with Gasteiger partial charge in [0, 0.05) is 15.7 Å². The van der Waals surface area contributed by atoms with E-state index in [1.165, 1.54) is 0 Å². The summed E-state index contributed by atoms with van der Waals surface area (Å²) in [6, 6.07) is 11.5. The highest BCUT2D eigenvalue weighted by atomic mass is 79.9. The minimum Gasteiger partial charge on any atom is -0.356 e. The zero-order valence-electron chi connectivity index (χ0n) is 10.7. The lowest BCUT2D eigenvalue weighted by Crippen LogP contribution is -2.31. The van der Waals surface area contributed by atoms with Gasteiger partial charge < -0.3 is 10.6 Å². The molecular formula is C14H13BrClN3S. The number of rotatable bonds is 3. The number of halogens is 2. The fourth-order valence-corrected chi connectivity index (χ4v) is 2.28. The molecule has 6 heteroatoms. The van der Waals surface area contributed by atoms with E-state index in [4.69, 9.17) is 23.8 Å². The number of pyridine rings is 1. The third kappa shape index (κ3) is 4.44. The second kappa shape index (κ2) is 7.02. The van der Waals surface area contributed by atoms with Gasteiger partial charge in [0.05, 0.1) is 6.04 Å². The number of benzene rings is 1. The van der Waals surface area contributed by atoms with Crippen LogP contribution >= 0.6 is 39.7 Å². The lowest BCUT2D eigenvalue weighted by molar-refractivity contribution is 0.722. The van der Waals surface area contributed by atoms with Gasteiger partial charge in [-0.05, 0) is 64.9 Å². The number of hydrogen-bond acceptors (Lipinski definition) is 2. The SMILES string of the molecule is C[C@@H](NC(=S)Nc1ccc(Br)cn1)c1ccc(Cl)cc1. The molecule has 2 aromatic rings. The molecule has 1 heterocycles. The average molecular weight is 371 g/mol. The molecule has 0 bridgehead atoms. The van der Waals surface area contributed by atoms with Crippen molar-refractivity contribution in [3.63, 3.8) is 0 Å². The summed E-state index contributed by atoms with van der Waals surface area (Å²) in [5.74, 6) is 0.703. The van der Waals surface area contributed by atoms with Crippen LogP contribution in [0.3, 0.4) is 0 Å². The van der Waals surface area contributed by atoms with Gasteiger partial charge in [-0.1, -0.05) is 23.7 Å². The summed E-state index contributed by atoms with van der Waals surface area (Å²) in [5, 5.41) is 7.50. The van der Waals surface area contributed by atoms with Crippen molar-refractivity contribution in [2.75, 3.05) is 5.32 Å². The van der Waals surface area contributed by atoms with Gasteiger partial charge in [0.1, 0.15) is 5.82 Å². The molecule has 0 unspecified atom stereocenters. The second-order valence-electron chi connectivity index (χ2n) is 4.23.